The van der Waals surface area contributed by atoms with Gasteiger partial charge in [-0.3, -0.25) is 4.79 Å². The fourth-order valence-electron chi connectivity index (χ4n) is 2.52. The van der Waals surface area contributed by atoms with Gasteiger partial charge in [0.05, 0.1) is 14.2 Å². The molecule has 0 saturated carbocycles. The smallest absolute Gasteiger partial charge is 0.200 e. The minimum absolute atomic E-state index is 0.0417. The fraction of sp³-hybridized carbons (Fsp3) is 0.167. The first-order valence-electron chi connectivity index (χ1n) is 7.20. The summed E-state index contributed by atoms with van der Waals surface area (Å²) in [6.07, 6.45) is 1.63. The SMILES string of the molecule is COc1ccc(/C=C2\COc3ccc(O)c(O)c3C2=O)c(OC)c1. The van der Waals surface area contributed by atoms with Gasteiger partial charge in [0, 0.05) is 17.2 Å². The van der Waals surface area contributed by atoms with Gasteiger partial charge in [0.15, 0.2) is 17.3 Å². The van der Waals surface area contributed by atoms with Gasteiger partial charge in [-0.2, -0.15) is 0 Å². The summed E-state index contributed by atoms with van der Waals surface area (Å²) in [4.78, 5) is 12.6. The second-order valence-electron chi connectivity index (χ2n) is 5.20. The Balaban J connectivity index is 2.04. The Hall–Kier alpha value is -3.15. The van der Waals surface area contributed by atoms with Crippen LogP contribution in [0.2, 0.25) is 0 Å². The quantitative estimate of drug-likeness (QED) is 0.666. The predicted octanol–water partition coefficient (Wildman–Crippen LogP) is 2.77. The van der Waals surface area contributed by atoms with Crippen molar-refractivity contribution in [3.8, 4) is 28.7 Å². The number of hydrogen-bond acceptors (Lipinski definition) is 6. The molecule has 0 aromatic heterocycles. The number of rotatable bonds is 3. The van der Waals surface area contributed by atoms with E-state index in [2.05, 4.69) is 0 Å². The summed E-state index contributed by atoms with van der Waals surface area (Å²) in [5, 5.41) is 19.5. The van der Waals surface area contributed by atoms with Crippen molar-refractivity contribution >= 4 is 11.9 Å². The number of aromatic hydroxyl groups is 2. The molecule has 0 bridgehead atoms. The van der Waals surface area contributed by atoms with Gasteiger partial charge in [-0.25, -0.2) is 0 Å². The first-order valence-corrected chi connectivity index (χ1v) is 7.20. The molecule has 2 N–H and O–H groups in total. The summed E-state index contributed by atoms with van der Waals surface area (Å²) >= 11 is 0. The van der Waals surface area contributed by atoms with Crippen molar-refractivity contribution in [3.63, 3.8) is 0 Å². The molecular weight excluding hydrogens is 312 g/mol. The molecule has 2 aromatic rings. The Morgan fingerprint density at radius 1 is 1.12 bits per heavy atom. The number of carbonyl (C=O) groups excluding carboxylic acids is 1. The Bertz CT molecular complexity index is 838. The molecule has 2 aromatic carbocycles. The predicted molar refractivity (Wildman–Crippen MR) is 87.1 cm³/mol. The molecular formula is C18H16O6. The zero-order valence-electron chi connectivity index (χ0n) is 13.2. The number of benzene rings is 2. The molecule has 0 saturated heterocycles. The van der Waals surface area contributed by atoms with Gasteiger partial charge in [-0.1, -0.05) is 0 Å². The molecule has 0 atom stereocenters. The molecule has 124 valence electrons. The van der Waals surface area contributed by atoms with Crippen LogP contribution < -0.4 is 14.2 Å². The third-order valence-corrected chi connectivity index (χ3v) is 3.79. The summed E-state index contributed by atoms with van der Waals surface area (Å²) in [5.41, 5.74) is 0.972. The summed E-state index contributed by atoms with van der Waals surface area (Å²) in [6.45, 7) is 0.0607. The highest BCUT2D eigenvalue weighted by atomic mass is 16.5. The normalized spacial score (nSPS) is 14.9. The van der Waals surface area contributed by atoms with Gasteiger partial charge in [0.1, 0.15) is 29.4 Å². The lowest BCUT2D eigenvalue weighted by molar-refractivity contribution is 0.0996. The molecule has 0 aliphatic carbocycles. The Morgan fingerprint density at radius 2 is 1.92 bits per heavy atom. The molecule has 6 nitrogen and oxygen atoms in total. The monoisotopic (exact) mass is 328 g/mol. The molecule has 0 spiro atoms. The van der Waals surface area contributed by atoms with E-state index in [1.165, 1.54) is 19.2 Å². The largest absolute Gasteiger partial charge is 0.504 e. The van der Waals surface area contributed by atoms with E-state index in [9.17, 15) is 15.0 Å². The van der Waals surface area contributed by atoms with Gasteiger partial charge in [-0.05, 0) is 30.3 Å². The number of phenolic OH excluding ortho intramolecular Hbond substituents is 2. The molecule has 3 rings (SSSR count). The van der Waals surface area contributed by atoms with Crippen LogP contribution in [0.5, 0.6) is 28.7 Å². The summed E-state index contributed by atoms with van der Waals surface area (Å²) in [7, 11) is 3.08. The summed E-state index contributed by atoms with van der Waals surface area (Å²) < 4.78 is 16.0. The molecule has 6 heteroatoms. The van der Waals surface area contributed by atoms with Crippen LogP contribution in [-0.2, 0) is 0 Å². The second kappa shape index (κ2) is 6.16. The Kier molecular flexibility index (Phi) is 4.04. The van der Waals surface area contributed by atoms with E-state index in [4.69, 9.17) is 14.2 Å². The van der Waals surface area contributed by atoms with E-state index in [0.717, 1.165) is 0 Å². The standard InChI is InChI=1S/C18H16O6/c1-22-12-4-3-10(15(8-12)23-2)7-11-9-24-14-6-5-13(19)18(21)16(14)17(11)20/h3-8,19,21H,9H2,1-2H3/b11-7+. The average Bonchev–Trinajstić information content (AvgIpc) is 2.60. The van der Waals surface area contributed by atoms with Gasteiger partial charge < -0.3 is 24.4 Å². The maximum Gasteiger partial charge on any atom is 0.200 e. The highest BCUT2D eigenvalue weighted by molar-refractivity contribution is 6.16. The lowest BCUT2D eigenvalue weighted by Gasteiger charge is -2.20. The zero-order valence-corrected chi connectivity index (χ0v) is 13.2. The lowest BCUT2D eigenvalue weighted by Crippen LogP contribution is -2.19. The minimum atomic E-state index is -0.482. The van der Waals surface area contributed by atoms with Gasteiger partial charge in [-0.15, -0.1) is 0 Å². The molecule has 0 radical (unpaired) electrons. The topological polar surface area (TPSA) is 85.2 Å². The van der Waals surface area contributed by atoms with Crippen LogP contribution in [0.3, 0.4) is 0 Å². The number of ether oxygens (including phenoxy) is 3. The van der Waals surface area contributed by atoms with E-state index in [1.54, 1.807) is 31.4 Å². The highest BCUT2D eigenvalue weighted by Gasteiger charge is 2.28. The van der Waals surface area contributed by atoms with E-state index >= 15 is 0 Å². The number of Topliss-reactive ketones (excluding diaryl/α,β-unsaturated/α-hetero) is 1. The van der Waals surface area contributed by atoms with Crippen LogP contribution in [-0.4, -0.2) is 36.8 Å². The summed E-state index contributed by atoms with van der Waals surface area (Å²) in [5.74, 6) is 0.171. The molecule has 0 unspecified atom stereocenters. The highest BCUT2D eigenvalue weighted by Crippen LogP contribution is 2.40. The number of fused-ring (bicyclic) bond motifs is 1. The van der Waals surface area contributed by atoms with Crippen LogP contribution in [0.25, 0.3) is 6.08 Å². The number of methoxy groups -OCH3 is 2. The van der Waals surface area contributed by atoms with E-state index in [1.807, 2.05) is 0 Å². The second-order valence-corrected chi connectivity index (χ2v) is 5.20. The molecule has 1 aliphatic rings. The number of phenols is 2. The number of hydrogen-bond donors (Lipinski definition) is 2. The van der Waals surface area contributed by atoms with Crippen LogP contribution in [0.1, 0.15) is 15.9 Å². The molecule has 0 amide bonds. The van der Waals surface area contributed by atoms with Crippen LogP contribution in [0.15, 0.2) is 35.9 Å². The van der Waals surface area contributed by atoms with Crippen molar-refractivity contribution in [2.24, 2.45) is 0 Å². The van der Waals surface area contributed by atoms with E-state index < -0.39 is 11.5 Å². The number of ketones is 1. The maximum absolute atomic E-state index is 12.6. The molecule has 1 heterocycles. The maximum atomic E-state index is 12.6. The van der Waals surface area contributed by atoms with E-state index in [0.29, 0.717) is 22.6 Å². The average molecular weight is 328 g/mol. The fourth-order valence-corrected chi connectivity index (χ4v) is 2.52. The summed E-state index contributed by atoms with van der Waals surface area (Å²) in [6, 6.07) is 7.95. The van der Waals surface area contributed by atoms with Crippen molar-refractivity contribution in [2.45, 2.75) is 0 Å². The van der Waals surface area contributed by atoms with Crippen molar-refractivity contribution in [2.75, 3.05) is 20.8 Å². The van der Waals surface area contributed by atoms with Gasteiger partial charge >= 0.3 is 0 Å². The lowest BCUT2D eigenvalue weighted by atomic mass is 9.97. The number of carbonyl (C=O) groups is 1. The molecule has 0 fully saturated rings. The Labute approximate surface area is 138 Å². The van der Waals surface area contributed by atoms with Crippen molar-refractivity contribution in [1.29, 1.82) is 0 Å². The first kappa shape index (κ1) is 15.7. The van der Waals surface area contributed by atoms with Crippen LogP contribution >= 0.6 is 0 Å². The Morgan fingerprint density at radius 3 is 2.62 bits per heavy atom. The first-order chi connectivity index (χ1) is 11.5. The molecule has 24 heavy (non-hydrogen) atoms. The third kappa shape index (κ3) is 2.62. The van der Waals surface area contributed by atoms with Crippen molar-refractivity contribution in [1.82, 2.24) is 0 Å². The van der Waals surface area contributed by atoms with Crippen molar-refractivity contribution in [3.05, 3.63) is 47.0 Å². The van der Waals surface area contributed by atoms with Gasteiger partial charge in [0.2, 0.25) is 0 Å². The third-order valence-electron chi connectivity index (χ3n) is 3.79. The van der Waals surface area contributed by atoms with Crippen molar-refractivity contribution < 1.29 is 29.2 Å². The molecule has 1 aliphatic heterocycles. The zero-order chi connectivity index (χ0) is 17.3. The van der Waals surface area contributed by atoms with E-state index in [-0.39, 0.29) is 23.7 Å². The van der Waals surface area contributed by atoms with Gasteiger partial charge in [0.25, 0.3) is 0 Å². The van der Waals surface area contributed by atoms with Crippen LogP contribution in [0.4, 0.5) is 0 Å². The minimum Gasteiger partial charge on any atom is -0.504 e. The van der Waals surface area contributed by atoms with Crippen LogP contribution in [0, 0.1) is 0 Å².